The molecule has 3 nitrogen and oxygen atoms in total. The van der Waals surface area contributed by atoms with Gasteiger partial charge in [0, 0.05) is 6.08 Å². The molecule has 0 heterocycles. The molecule has 0 amide bonds. The van der Waals surface area contributed by atoms with Gasteiger partial charge in [-0.05, 0) is 35.9 Å². The molecule has 96 valence electrons. The third-order valence-corrected chi connectivity index (χ3v) is 2.45. The third kappa shape index (κ3) is 4.00. The molecule has 0 aliphatic rings. The molecular formula is C16H14O3. The normalized spacial score (nSPS) is 10.4. The largest absolute Gasteiger partial charge is 0.466 e. The van der Waals surface area contributed by atoms with E-state index in [1.807, 2.05) is 54.6 Å². The molecule has 2 aromatic rings. The fourth-order valence-corrected chi connectivity index (χ4v) is 1.54. The zero-order valence-electron chi connectivity index (χ0n) is 10.6. The van der Waals surface area contributed by atoms with Gasteiger partial charge in [-0.25, -0.2) is 4.79 Å². The van der Waals surface area contributed by atoms with Gasteiger partial charge in [0.15, 0.2) is 0 Å². The molecule has 2 rings (SSSR count). The summed E-state index contributed by atoms with van der Waals surface area (Å²) in [7, 11) is 1.35. The highest BCUT2D eigenvalue weighted by atomic mass is 16.5. The lowest BCUT2D eigenvalue weighted by atomic mass is 10.2. The summed E-state index contributed by atoms with van der Waals surface area (Å²) in [6.45, 7) is 0. The van der Waals surface area contributed by atoms with E-state index < -0.39 is 0 Å². The molecule has 0 unspecified atom stereocenters. The van der Waals surface area contributed by atoms with Gasteiger partial charge in [0.25, 0.3) is 0 Å². The van der Waals surface area contributed by atoms with E-state index in [9.17, 15) is 4.79 Å². The van der Waals surface area contributed by atoms with Crippen molar-refractivity contribution in [1.29, 1.82) is 0 Å². The summed E-state index contributed by atoms with van der Waals surface area (Å²) in [5, 5.41) is 0. The molecule has 0 bridgehead atoms. The number of carbonyl (C=O) groups excluding carboxylic acids is 1. The molecule has 19 heavy (non-hydrogen) atoms. The molecule has 3 heteroatoms. The molecule has 0 spiro atoms. The van der Waals surface area contributed by atoms with Gasteiger partial charge in [-0.15, -0.1) is 0 Å². The van der Waals surface area contributed by atoms with Crippen molar-refractivity contribution in [3.63, 3.8) is 0 Å². The average molecular weight is 254 g/mol. The van der Waals surface area contributed by atoms with Crippen LogP contribution in [0.3, 0.4) is 0 Å². The second-order valence-corrected chi connectivity index (χ2v) is 3.84. The first-order chi connectivity index (χ1) is 9.28. The van der Waals surface area contributed by atoms with Crippen LogP contribution in [-0.4, -0.2) is 13.1 Å². The maximum atomic E-state index is 11.0. The molecule has 0 saturated heterocycles. The zero-order chi connectivity index (χ0) is 13.5. The number of carbonyl (C=O) groups is 1. The Kier molecular flexibility index (Phi) is 4.34. The van der Waals surface area contributed by atoms with E-state index in [1.54, 1.807) is 6.08 Å². The summed E-state index contributed by atoms with van der Waals surface area (Å²) < 4.78 is 10.2. The van der Waals surface area contributed by atoms with Crippen molar-refractivity contribution in [2.75, 3.05) is 7.11 Å². The van der Waals surface area contributed by atoms with Crippen LogP contribution in [0.1, 0.15) is 5.56 Å². The lowest BCUT2D eigenvalue weighted by Crippen LogP contribution is -1.93. The van der Waals surface area contributed by atoms with Crippen molar-refractivity contribution < 1.29 is 14.3 Å². The van der Waals surface area contributed by atoms with Gasteiger partial charge in [0.2, 0.25) is 0 Å². The van der Waals surface area contributed by atoms with E-state index in [0.717, 1.165) is 17.1 Å². The van der Waals surface area contributed by atoms with Crippen LogP contribution in [-0.2, 0) is 9.53 Å². The summed E-state index contributed by atoms with van der Waals surface area (Å²) in [4.78, 5) is 11.0. The number of hydrogen-bond acceptors (Lipinski definition) is 3. The zero-order valence-corrected chi connectivity index (χ0v) is 10.6. The summed E-state index contributed by atoms with van der Waals surface area (Å²) >= 11 is 0. The van der Waals surface area contributed by atoms with Crippen molar-refractivity contribution in [2.45, 2.75) is 0 Å². The molecule has 2 aromatic carbocycles. The van der Waals surface area contributed by atoms with E-state index in [4.69, 9.17) is 4.74 Å². The molecule has 0 radical (unpaired) electrons. The highest BCUT2D eigenvalue weighted by molar-refractivity contribution is 5.86. The molecule has 0 N–H and O–H groups in total. The Morgan fingerprint density at radius 1 is 1.00 bits per heavy atom. The lowest BCUT2D eigenvalue weighted by molar-refractivity contribution is -0.134. The predicted octanol–water partition coefficient (Wildman–Crippen LogP) is 3.67. The second-order valence-electron chi connectivity index (χ2n) is 3.84. The SMILES string of the molecule is COC(=O)/C=C/c1cccc(Oc2ccccc2)c1. The minimum Gasteiger partial charge on any atom is -0.466 e. The van der Waals surface area contributed by atoms with Gasteiger partial charge < -0.3 is 9.47 Å². The van der Waals surface area contributed by atoms with Gasteiger partial charge in [-0.1, -0.05) is 30.3 Å². The summed E-state index contributed by atoms with van der Waals surface area (Å²) in [6, 6.07) is 17.0. The smallest absolute Gasteiger partial charge is 0.330 e. The van der Waals surface area contributed by atoms with Crippen LogP contribution in [0.4, 0.5) is 0 Å². The van der Waals surface area contributed by atoms with Crippen molar-refractivity contribution in [1.82, 2.24) is 0 Å². The van der Waals surface area contributed by atoms with Crippen LogP contribution >= 0.6 is 0 Å². The number of para-hydroxylation sites is 1. The van der Waals surface area contributed by atoms with E-state index in [2.05, 4.69) is 4.74 Å². The molecule has 0 aromatic heterocycles. The van der Waals surface area contributed by atoms with Crippen LogP contribution in [0.25, 0.3) is 6.08 Å². The van der Waals surface area contributed by atoms with Crippen molar-refractivity contribution in [3.8, 4) is 11.5 Å². The monoisotopic (exact) mass is 254 g/mol. The molecule has 0 fully saturated rings. The van der Waals surface area contributed by atoms with Crippen LogP contribution < -0.4 is 4.74 Å². The Hall–Kier alpha value is -2.55. The standard InChI is InChI=1S/C16H14O3/c1-18-16(17)11-10-13-6-5-9-15(12-13)19-14-7-3-2-4-8-14/h2-12H,1H3/b11-10+. The Morgan fingerprint density at radius 3 is 2.47 bits per heavy atom. The van der Waals surface area contributed by atoms with E-state index >= 15 is 0 Å². The third-order valence-electron chi connectivity index (χ3n) is 2.45. The number of rotatable bonds is 4. The Bertz CT molecular complexity index is 574. The first kappa shape index (κ1) is 12.9. The molecular weight excluding hydrogens is 240 g/mol. The predicted molar refractivity (Wildman–Crippen MR) is 74.0 cm³/mol. The van der Waals surface area contributed by atoms with Gasteiger partial charge in [-0.3, -0.25) is 0 Å². The fraction of sp³-hybridized carbons (Fsp3) is 0.0625. The Labute approximate surface area is 112 Å². The molecule has 0 aliphatic heterocycles. The van der Waals surface area contributed by atoms with Crippen LogP contribution in [0.5, 0.6) is 11.5 Å². The minimum atomic E-state index is -0.380. The maximum Gasteiger partial charge on any atom is 0.330 e. The molecule has 0 saturated carbocycles. The summed E-state index contributed by atoms with van der Waals surface area (Å²) in [5.41, 5.74) is 0.874. The van der Waals surface area contributed by atoms with Crippen molar-refractivity contribution in [2.24, 2.45) is 0 Å². The average Bonchev–Trinajstić information content (AvgIpc) is 2.46. The number of hydrogen-bond donors (Lipinski definition) is 0. The minimum absolute atomic E-state index is 0.380. The van der Waals surface area contributed by atoms with Crippen LogP contribution in [0.2, 0.25) is 0 Å². The van der Waals surface area contributed by atoms with Crippen LogP contribution in [0.15, 0.2) is 60.7 Å². The van der Waals surface area contributed by atoms with E-state index in [0.29, 0.717) is 0 Å². The van der Waals surface area contributed by atoms with E-state index in [1.165, 1.54) is 13.2 Å². The highest BCUT2D eigenvalue weighted by Crippen LogP contribution is 2.22. The molecule has 0 atom stereocenters. The van der Waals surface area contributed by atoms with Crippen molar-refractivity contribution in [3.05, 3.63) is 66.2 Å². The Balaban J connectivity index is 2.11. The topological polar surface area (TPSA) is 35.5 Å². The molecule has 0 aliphatic carbocycles. The van der Waals surface area contributed by atoms with Crippen molar-refractivity contribution >= 4 is 12.0 Å². The van der Waals surface area contributed by atoms with Gasteiger partial charge in [0.05, 0.1) is 7.11 Å². The summed E-state index contributed by atoms with van der Waals surface area (Å²) in [6.07, 6.45) is 3.06. The first-order valence-corrected chi connectivity index (χ1v) is 5.87. The summed E-state index contributed by atoms with van der Waals surface area (Å²) in [5.74, 6) is 1.11. The van der Waals surface area contributed by atoms with Gasteiger partial charge in [-0.2, -0.15) is 0 Å². The van der Waals surface area contributed by atoms with Crippen LogP contribution in [0, 0.1) is 0 Å². The fourth-order valence-electron chi connectivity index (χ4n) is 1.54. The lowest BCUT2D eigenvalue weighted by Gasteiger charge is -2.05. The quantitative estimate of drug-likeness (QED) is 0.617. The highest BCUT2D eigenvalue weighted by Gasteiger charge is 1.98. The number of esters is 1. The van der Waals surface area contributed by atoms with Gasteiger partial charge in [0.1, 0.15) is 11.5 Å². The second kappa shape index (κ2) is 6.40. The number of ether oxygens (including phenoxy) is 2. The van der Waals surface area contributed by atoms with E-state index in [-0.39, 0.29) is 5.97 Å². The van der Waals surface area contributed by atoms with Gasteiger partial charge >= 0.3 is 5.97 Å². The number of benzene rings is 2. The maximum absolute atomic E-state index is 11.0. The first-order valence-electron chi connectivity index (χ1n) is 5.87. The Morgan fingerprint density at radius 2 is 1.74 bits per heavy atom. The number of methoxy groups -OCH3 is 1.